The second kappa shape index (κ2) is 8.22. The van der Waals surface area contributed by atoms with Crippen LogP contribution in [0.15, 0.2) is 47.4 Å². The number of para-hydroxylation sites is 1. The third-order valence-corrected chi connectivity index (χ3v) is 7.07. The summed E-state index contributed by atoms with van der Waals surface area (Å²) in [4.78, 5) is 28.6. The predicted molar refractivity (Wildman–Crippen MR) is 115 cm³/mol. The molecule has 0 aliphatic carbocycles. The van der Waals surface area contributed by atoms with Crippen LogP contribution < -0.4 is 14.8 Å². The summed E-state index contributed by atoms with van der Waals surface area (Å²) in [6.45, 7) is 2.01. The van der Waals surface area contributed by atoms with Crippen molar-refractivity contribution < 1.29 is 19.1 Å². The molecule has 7 heteroatoms. The molecule has 3 aliphatic rings. The molecule has 5 rings (SSSR count). The van der Waals surface area contributed by atoms with Gasteiger partial charge in [0.2, 0.25) is 11.8 Å². The molecule has 0 radical (unpaired) electrons. The van der Waals surface area contributed by atoms with Gasteiger partial charge < -0.3 is 19.7 Å². The summed E-state index contributed by atoms with van der Waals surface area (Å²) in [6.07, 6.45) is 2.93. The summed E-state index contributed by atoms with van der Waals surface area (Å²) in [5.74, 6) is 1.44. The second-order valence-corrected chi connectivity index (χ2v) is 9.04. The first-order chi connectivity index (χ1) is 14.7. The molecule has 3 aliphatic heterocycles. The Labute approximate surface area is 179 Å². The van der Waals surface area contributed by atoms with E-state index in [0.717, 1.165) is 46.9 Å². The van der Waals surface area contributed by atoms with Crippen molar-refractivity contribution >= 4 is 29.3 Å². The van der Waals surface area contributed by atoms with E-state index in [0.29, 0.717) is 19.8 Å². The predicted octanol–water partition coefficient (Wildman–Crippen LogP) is 4.01. The van der Waals surface area contributed by atoms with E-state index >= 15 is 0 Å². The van der Waals surface area contributed by atoms with Crippen molar-refractivity contribution in [3.05, 3.63) is 48.0 Å². The van der Waals surface area contributed by atoms with Crippen molar-refractivity contribution in [2.24, 2.45) is 0 Å². The molecule has 2 amide bonds. The fraction of sp³-hybridized carbons (Fsp3) is 0.391. The van der Waals surface area contributed by atoms with Crippen molar-refractivity contribution in [1.82, 2.24) is 4.90 Å². The van der Waals surface area contributed by atoms with Crippen LogP contribution in [0.25, 0.3) is 0 Å². The van der Waals surface area contributed by atoms with Crippen LogP contribution in [-0.2, 0) is 9.59 Å². The van der Waals surface area contributed by atoms with Gasteiger partial charge in [-0.2, -0.15) is 0 Å². The summed E-state index contributed by atoms with van der Waals surface area (Å²) >= 11 is 1.47. The van der Waals surface area contributed by atoms with Gasteiger partial charge in [-0.05, 0) is 42.7 Å². The van der Waals surface area contributed by atoms with E-state index in [1.54, 1.807) is 0 Å². The average molecular weight is 425 g/mol. The Hall–Kier alpha value is -2.67. The number of rotatable bonds is 3. The van der Waals surface area contributed by atoms with Crippen molar-refractivity contribution in [3.63, 3.8) is 0 Å². The highest BCUT2D eigenvalue weighted by atomic mass is 32.2. The van der Waals surface area contributed by atoms with Gasteiger partial charge in [0.15, 0.2) is 11.5 Å². The zero-order valence-corrected chi connectivity index (χ0v) is 17.5. The van der Waals surface area contributed by atoms with Gasteiger partial charge in [-0.1, -0.05) is 18.2 Å². The highest BCUT2D eigenvalue weighted by Gasteiger charge is 2.35. The number of hydrogen-bond acceptors (Lipinski definition) is 5. The van der Waals surface area contributed by atoms with Gasteiger partial charge in [0.1, 0.15) is 0 Å². The Morgan fingerprint density at radius 2 is 1.93 bits per heavy atom. The summed E-state index contributed by atoms with van der Waals surface area (Å²) in [6, 6.07) is 13.7. The van der Waals surface area contributed by atoms with E-state index < -0.39 is 5.25 Å². The largest absolute Gasteiger partial charge is 0.490 e. The SMILES string of the molecule is O=C1Nc2ccccc2S[C@H]1CC(=O)N1CCC[C@H]1c1ccc2c(c1)OCCCO2. The standard InChI is InChI=1S/C23H24N2O4S/c26-22(14-21-23(27)24-16-5-1-2-7-20(16)30-21)25-10-3-6-17(25)15-8-9-18-19(13-15)29-12-4-11-28-18/h1-2,5,7-9,13,17,21H,3-4,6,10-12,14H2,(H,24,27)/t17-,21-/m0/s1. The fourth-order valence-electron chi connectivity index (χ4n) is 4.30. The maximum atomic E-state index is 13.2. The Morgan fingerprint density at radius 1 is 1.10 bits per heavy atom. The summed E-state index contributed by atoms with van der Waals surface area (Å²) in [5.41, 5.74) is 1.89. The number of thioether (sulfide) groups is 1. The number of amides is 2. The molecule has 156 valence electrons. The molecule has 1 fully saturated rings. The molecule has 6 nitrogen and oxygen atoms in total. The monoisotopic (exact) mass is 424 g/mol. The molecule has 1 saturated heterocycles. The molecule has 3 heterocycles. The molecule has 1 N–H and O–H groups in total. The first-order valence-corrected chi connectivity index (χ1v) is 11.3. The highest BCUT2D eigenvalue weighted by molar-refractivity contribution is 8.01. The van der Waals surface area contributed by atoms with Crippen LogP contribution >= 0.6 is 11.8 Å². The molecule has 0 aromatic heterocycles. The Balaban J connectivity index is 1.31. The molecule has 2 atom stereocenters. The number of benzene rings is 2. The molecular formula is C23H24N2O4S. The van der Waals surface area contributed by atoms with Crippen LogP contribution in [0.2, 0.25) is 0 Å². The lowest BCUT2D eigenvalue weighted by Crippen LogP contribution is -2.37. The van der Waals surface area contributed by atoms with Crippen molar-refractivity contribution in [2.75, 3.05) is 25.1 Å². The number of likely N-dealkylation sites (tertiary alicyclic amines) is 1. The molecule has 0 saturated carbocycles. The van der Waals surface area contributed by atoms with Gasteiger partial charge in [0.05, 0.1) is 30.2 Å². The fourth-order valence-corrected chi connectivity index (χ4v) is 5.40. The number of hydrogen-bond donors (Lipinski definition) is 1. The number of nitrogens with one attached hydrogen (secondary N) is 1. The molecular weight excluding hydrogens is 400 g/mol. The number of nitrogens with zero attached hydrogens (tertiary/aromatic N) is 1. The Morgan fingerprint density at radius 3 is 2.83 bits per heavy atom. The van der Waals surface area contributed by atoms with Crippen LogP contribution in [0.4, 0.5) is 5.69 Å². The molecule has 0 spiro atoms. The third-order valence-electron chi connectivity index (χ3n) is 5.80. The number of anilines is 1. The van der Waals surface area contributed by atoms with Crippen molar-refractivity contribution in [3.8, 4) is 11.5 Å². The topological polar surface area (TPSA) is 67.9 Å². The van der Waals surface area contributed by atoms with Crippen LogP contribution in [-0.4, -0.2) is 41.7 Å². The summed E-state index contributed by atoms with van der Waals surface area (Å²) < 4.78 is 11.6. The average Bonchev–Trinajstić information content (AvgIpc) is 3.13. The van der Waals surface area contributed by atoms with E-state index in [1.165, 1.54) is 11.8 Å². The van der Waals surface area contributed by atoms with E-state index in [9.17, 15) is 9.59 Å². The zero-order valence-electron chi connectivity index (χ0n) is 16.6. The van der Waals surface area contributed by atoms with Crippen molar-refractivity contribution in [1.29, 1.82) is 0 Å². The van der Waals surface area contributed by atoms with Crippen molar-refractivity contribution in [2.45, 2.75) is 41.9 Å². The smallest absolute Gasteiger partial charge is 0.238 e. The molecule has 0 bridgehead atoms. The number of ether oxygens (including phenoxy) is 2. The summed E-state index contributed by atoms with van der Waals surface area (Å²) in [7, 11) is 0. The van der Waals surface area contributed by atoms with Gasteiger partial charge in [0, 0.05) is 24.3 Å². The molecule has 30 heavy (non-hydrogen) atoms. The lowest BCUT2D eigenvalue weighted by molar-refractivity contribution is -0.133. The quantitative estimate of drug-likeness (QED) is 0.806. The first kappa shape index (κ1) is 19.3. The number of fused-ring (bicyclic) bond motifs is 2. The maximum absolute atomic E-state index is 13.2. The minimum Gasteiger partial charge on any atom is -0.490 e. The van der Waals surface area contributed by atoms with Gasteiger partial charge in [-0.3, -0.25) is 9.59 Å². The minimum absolute atomic E-state index is 0.0126. The minimum atomic E-state index is -0.405. The van der Waals surface area contributed by atoms with Crippen LogP contribution in [0, 0.1) is 0 Å². The van der Waals surface area contributed by atoms with Crippen LogP contribution in [0.5, 0.6) is 11.5 Å². The maximum Gasteiger partial charge on any atom is 0.238 e. The number of carbonyl (C=O) groups is 2. The molecule has 0 unspecified atom stereocenters. The van der Waals surface area contributed by atoms with Crippen LogP contribution in [0.3, 0.4) is 0 Å². The van der Waals surface area contributed by atoms with Gasteiger partial charge >= 0.3 is 0 Å². The summed E-state index contributed by atoms with van der Waals surface area (Å²) in [5, 5.41) is 2.52. The van der Waals surface area contributed by atoms with E-state index in [1.807, 2.05) is 47.4 Å². The van der Waals surface area contributed by atoms with E-state index in [4.69, 9.17) is 9.47 Å². The van der Waals surface area contributed by atoms with Gasteiger partial charge in [-0.25, -0.2) is 0 Å². The van der Waals surface area contributed by atoms with E-state index in [2.05, 4.69) is 5.32 Å². The normalized spacial score (nSPS) is 22.8. The number of carbonyl (C=O) groups excluding carboxylic acids is 2. The molecule has 2 aromatic rings. The second-order valence-electron chi connectivity index (χ2n) is 7.80. The van der Waals surface area contributed by atoms with Gasteiger partial charge in [-0.15, -0.1) is 11.8 Å². The molecule has 2 aromatic carbocycles. The zero-order chi connectivity index (χ0) is 20.5. The first-order valence-electron chi connectivity index (χ1n) is 10.4. The Kier molecular flexibility index (Phi) is 5.29. The third kappa shape index (κ3) is 3.74. The van der Waals surface area contributed by atoms with Crippen LogP contribution in [0.1, 0.15) is 37.3 Å². The lowest BCUT2D eigenvalue weighted by Gasteiger charge is -2.29. The lowest BCUT2D eigenvalue weighted by atomic mass is 10.0. The highest BCUT2D eigenvalue weighted by Crippen LogP contribution is 2.40. The Bertz CT molecular complexity index is 979. The van der Waals surface area contributed by atoms with Gasteiger partial charge in [0.25, 0.3) is 0 Å². The van der Waals surface area contributed by atoms with E-state index in [-0.39, 0.29) is 24.3 Å².